The average Bonchev–Trinajstić information content (AvgIpc) is 3.08. The molecule has 0 saturated carbocycles. The number of rotatable bonds is 10. The quantitative estimate of drug-likeness (QED) is 0.396. The lowest BCUT2D eigenvalue weighted by molar-refractivity contribution is -0.00498. The molecule has 1 aromatic carbocycles. The molecule has 0 aliphatic heterocycles. The van der Waals surface area contributed by atoms with E-state index in [1.54, 1.807) is 0 Å². The Morgan fingerprint density at radius 2 is 1.88 bits per heavy atom. The van der Waals surface area contributed by atoms with Crippen LogP contribution in [0, 0.1) is 11.6 Å². The highest BCUT2D eigenvalue weighted by atomic mass is 19.1. The molecule has 1 aliphatic rings. The lowest BCUT2D eigenvalue weighted by Crippen LogP contribution is -2.34. The average molecular weight is 338 g/mol. The Morgan fingerprint density at radius 3 is 2.50 bits per heavy atom. The van der Waals surface area contributed by atoms with Crippen LogP contribution in [0.5, 0.6) is 5.75 Å². The fourth-order valence-corrected chi connectivity index (χ4v) is 3.03. The number of hydrogen-bond acceptors (Lipinski definition) is 2. The molecule has 0 radical (unpaired) electrons. The summed E-state index contributed by atoms with van der Waals surface area (Å²) in [5, 5.41) is 0. The fraction of sp³-hybridized carbons (Fsp3) is 0.600. The molecule has 0 bridgehead atoms. The molecule has 0 heterocycles. The Labute approximate surface area is 143 Å². The van der Waals surface area contributed by atoms with E-state index in [1.807, 2.05) is 6.92 Å². The molecule has 0 aromatic heterocycles. The third-order valence-corrected chi connectivity index (χ3v) is 4.41. The zero-order valence-electron chi connectivity index (χ0n) is 14.7. The first-order valence-corrected chi connectivity index (χ1v) is 9.04. The lowest BCUT2D eigenvalue weighted by atomic mass is 10.0. The molecular weight excluding hydrogens is 310 g/mol. The highest BCUT2D eigenvalue weighted by Crippen LogP contribution is 2.30. The van der Waals surface area contributed by atoms with Crippen molar-refractivity contribution in [3.63, 3.8) is 0 Å². The molecule has 0 fully saturated rings. The number of unbranched alkanes of at least 4 members (excludes halogenated alkanes) is 3. The second-order valence-electron chi connectivity index (χ2n) is 6.40. The molecule has 0 N–H and O–H groups in total. The second-order valence-corrected chi connectivity index (χ2v) is 6.40. The molecule has 0 spiro atoms. The predicted molar refractivity (Wildman–Crippen MR) is 92.3 cm³/mol. The van der Waals surface area contributed by atoms with E-state index in [2.05, 4.69) is 13.0 Å². The summed E-state index contributed by atoms with van der Waals surface area (Å²) < 4.78 is 39.5. The van der Waals surface area contributed by atoms with Crippen LogP contribution in [0.1, 0.15) is 58.8 Å². The van der Waals surface area contributed by atoms with E-state index in [1.165, 1.54) is 31.0 Å². The Morgan fingerprint density at radius 1 is 1.12 bits per heavy atom. The standard InChI is InChI=1S/C20H28F2O2/c1-3-4-5-8-14-23-15(2)19(16-10-6-7-11-16)24-20-17(21)12-9-13-18(20)22/h9-10,12-13,15,19H,3-8,11,14H2,1-2H3. The zero-order chi connectivity index (χ0) is 17.4. The van der Waals surface area contributed by atoms with E-state index in [-0.39, 0.29) is 11.9 Å². The van der Waals surface area contributed by atoms with E-state index >= 15 is 0 Å². The number of halogens is 2. The minimum absolute atomic E-state index is 0.241. The van der Waals surface area contributed by atoms with Gasteiger partial charge in [0.05, 0.1) is 6.10 Å². The summed E-state index contributed by atoms with van der Waals surface area (Å²) in [6.07, 6.45) is 8.88. The largest absolute Gasteiger partial charge is 0.477 e. The maximum Gasteiger partial charge on any atom is 0.191 e. The van der Waals surface area contributed by atoms with Gasteiger partial charge in [-0.05, 0) is 50.3 Å². The molecule has 0 saturated heterocycles. The normalized spacial score (nSPS) is 16.8. The topological polar surface area (TPSA) is 18.5 Å². The van der Waals surface area contributed by atoms with E-state index in [0.717, 1.165) is 37.7 Å². The van der Waals surface area contributed by atoms with Gasteiger partial charge in [-0.3, -0.25) is 0 Å². The maximum atomic E-state index is 13.9. The molecule has 2 atom stereocenters. The molecule has 1 aromatic rings. The Bertz CT molecular complexity index is 522. The summed E-state index contributed by atoms with van der Waals surface area (Å²) in [5.41, 5.74) is 1.08. The van der Waals surface area contributed by atoms with Crippen LogP contribution in [0.25, 0.3) is 0 Å². The van der Waals surface area contributed by atoms with Gasteiger partial charge in [0.25, 0.3) is 0 Å². The van der Waals surface area contributed by atoms with Gasteiger partial charge in [-0.1, -0.05) is 38.3 Å². The van der Waals surface area contributed by atoms with Crippen molar-refractivity contribution in [1.82, 2.24) is 0 Å². The first-order chi connectivity index (χ1) is 11.6. The molecule has 2 rings (SSSR count). The third kappa shape index (κ3) is 5.30. The van der Waals surface area contributed by atoms with E-state index in [9.17, 15) is 8.78 Å². The van der Waals surface area contributed by atoms with Crippen LogP contribution in [0.2, 0.25) is 0 Å². The fourth-order valence-electron chi connectivity index (χ4n) is 3.03. The van der Waals surface area contributed by atoms with Crippen molar-refractivity contribution < 1.29 is 18.3 Å². The van der Waals surface area contributed by atoms with Crippen molar-refractivity contribution in [3.8, 4) is 5.75 Å². The van der Waals surface area contributed by atoms with Crippen molar-refractivity contribution in [1.29, 1.82) is 0 Å². The number of hydrogen-bond donors (Lipinski definition) is 0. The van der Waals surface area contributed by atoms with Gasteiger partial charge in [0.1, 0.15) is 6.10 Å². The molecule has 4 heteroatoms. The molecule has 24 heavy (non-hydrogen) atoms. The van der Waals surface area contributed by atoms with Crippen LogP contribution in [0.4, 0.5) is 8.78 Å². The lowest BCUT2D eigenvalue weighted by Gasteiger charge is -2.27. The minimum Gasteiger partial charge on any atom is -0.477 e. The summed E-state index contributed by atoms with van der Waals surface area (Å²) in [4.78, 5) is 0. The van der Waals surface area contributed by atoms with Crippen molar-refractivity contribution in [2.24, 2.45) is 0 Å². The first-order valence-electron chi connectivity index (χ1n) is 9.04. The van der Waals surface area contributed by atoms with E-state index in [0.29, 0.717) is 6.61 Å². The van der Waals surface area contributed by atoms with Crippen LogP contribution in [0.15, 0.2) is 29.8 Å². The van der Waals surface area contributed by atoms with Crippen molar-refractivity contribution in [3.05, 3.63) is 41.5 Å². The monoisotopic (exact) mass is 338 g/mol. The van der Waals surface area contributed by atoms with E-state index < -0.39 is 17.7 Å². The molecule has 134 valence electrons. The third-order valence-electron chi connectivity index (χ3n) is 4.41. The van der Waals surface area contributed by atoms with Gasteiger partial charge in [0.15, 0.2) is 17.4 Å². The molecule has 2 nitrogen and oxygen atoms in total. The summed E-state index contributed by atoms with van der Waals surface area (Å²) in [6, 6.07) is 3.78. The van der Waals surface area contributed by atoms with Crippen molar-refractivity contribution in [2.75, 3.05) is 6.61 Å². The summed E-state index contributed by atoms with van der Waals surface area (Å²) in [5.74, 6) is -1.65. The molecule has 2 unspecified atom stereocenters. The van der Waals surface area contributed by atoms with Crippen molar-refractivity contribution in [2.45, 2.75) is 71.0 Å². The van der Waals surface area contributed by atoms with Crippen molar-refractivity contribution >= 4 is 0 Å². The van der Waals surface area contributed by atoms with Crippen LogP contribution < -0.4 is 4.74 Å². The van der Waals surface area contributed by atoms with E-state index in [4.69, 9.17) is 9.47 Å². The minimum atomic E-state index is -0.672. The highest BCUT2D eigenvalue weighted by Gasteiger charge is 2.28. The van der Waals surface area contributed by atoms with Gasteiger partial charge in [-0.2, -0.15) is 0 Å². The van der Waals surface area contributed by atoms with Crippen LogP contribution in [-0.2, 0) is 4.74 Å². The van der Waals surface area contributed by atoms with Crippen LogP contribution in [-0.4, -0.2) is 18.8 Å². The summed E-state index contributed by atoms with van der Waals surface area (Å²) in [6.45, 7) is 4.74. The van der Waals surface area contributed by atoms with Crippen LogP contribution in [0.3, 0.4) is 0 Å². The number of ether oxygens (including phenoxy) is 2. The van der Waals surface area contributed by atoms with Gasteiger partial charge < -0.3 is 9.47 Å². The van der Waals surface area contributed by atoms with Gasteiger partial charge in [0.2, 0.25) is 0 Å². The second kappa shape index (κ2) is 9.77. The number of allylic oxidation sites excluding steroid dienone is 1. The summed E-state index contributed by atoms with van der Waals surface area (Å²) in [7, 11) is 0. The number of para-hydroxylation sites is 1. The van der Waals surface area contributed by atoms with Crippen LogP contribution >= 0.6 is 0 Å². The van der Waals surface area contributed by atoms with Gasteiger partial charge in [-0.25, -0.2) is 8.78 Å². The number of benzene rings is 1. The molecule has 0 amide bonds. The smallest absolute Gasteiger partial charge is 0.191 e. The van der Waals surface area contributed by atoms with Gasteiger partial charge in [-0.15, -0.1) is 0 Å². The SMILES string of the molecule is CCCCCCOC(C)C(Oc1c(F)cccc1F)C1=CCCC1. The molecular formula is C20H28F2O2. The maximum absolute atomic E-state index is 13.9. The summed E-state index contributed by atoms with van der Waals surface area (Å²) >= 11 is 0. The first kappa shape index (κ1) is 18.9. The Kier molecular flexibility index (Phi) is 7.70. The Balaban J connectivity index is 2.02. The molecule has 1 aliphatic carbocycles. The zero-order valence-corrected chi connectivity index (χ0v) is 14.7. The Hall–Kier alpha value is -1.42. The predicted octanol–water partition coefficient (Wildman–Crippen LogP) is 5.81. The van der Waals surface area contributed by atoms with Gasteiger partial charge in [0, 0.05) is 6.61 Å². The highest BCUT2D eigenvalue weighted by molar-refractivity contribution is 5.28. The van der Waals surface area contributed by atoms with Gasteiger partial charge >= 0.3 is 0 Å².